The fourth-order valence-corrected chi connectivity index (χ4v) is 2.07. The van der Waals surface area contributed by atoms with Gasteiger partial charge in [0.25, 0.3) is 0 Å². The molecule has 0 aliphatic rings. The van der Waals surface area contributed by atoms with Crippen LogP contribution in [0, 0.1) is 5.82 Å². The van der Waals surface area contributed by atoms with Crippen LogP contribution in [0.3, 0.4) is 0 Å². The van der Waals surface area contributed by atoms with E-state index in [1.165, 1.54) is 12.1 Å². The SMILES string of the molecule is CN(Cc1cnccn1)Cc1nc(COc2ccc(F)cc2)no1. The molecule has 0 atom stereocenters. The average Bonchev–Trinajstić information content (AvgIpc) is 3.02. The highest BCUT2D eigenvalue weighted by Crippen LogP contribution is 2.13. The van der Waals surface area contributed by atoms with Crippen LogP contribution >= 0.6 is 0 Å². The maximum absolute atomic E-state index is 12.8. The minimum atomic E-state index is -0.310. The fraction of sp³-hybridized carbons (Fsp3) is 0.250. The maximum atomic E-state index is 12.8. The zero-order valence-electron chi connectivity index (χ0n) is 13.1. The third-order valence-electron chi connectivity index (χ3n) is 3.15. The van der Waals surface area contributed by atoms with Gasteiger partial charge in [-0.2, -0.15) is 4.98 Å². The normalized spacial score (nSPS) is 11.0. The van der Waals surface area contributed by atoms with Crippen molar-refractivity contribution >= 4 is 0 Å². The minimum Gasteiger partial charge on any atom is -0.485 e. The molecule has 0 saturated heterocycles. The van der Waals surface area contributed by atoms with Gasteiger partial charge in [0, 0.05) is 25.1 Å². The van der Waals surface area contributed by atoms with Gasteiger partial charge in [-0.3, -0.25) is 14.9 Å². The van der Waals surface area contributed by atoms with Crippen LogP contribution in [0.1, 0.15) is 17.4 Å². The lowest BCUT2D eigenvalue weighted by atomic mass is 10.3. The Morgan fingerprint density at radius 1 is 1.17 bits per heavy atom. The highest BCUT2D eigenvalue weighted by Gasteiger charge is 2.10. The lowest BCUT2D eigenvalue weighted by Crippen LogP contribution is -2.18. The number of halogens is 1. The van der Waals surface area contributed by atoms with Crippen LogP contribution in [-0.2, 0) is 19.7 Å². The first-order chi connectivity index (χ1) is 11.7. The summed E-state index contributed by atoms with van der Waals surface area (Å²) in [6.45, 7) is 1.26. The summed E-state index contributed by atoms with van der Waals surface area (Å²) in [7, 11) is 1.92. The molecule has 0 bridgehead atoms. The zero-order chi connectivity index (χ0) is 16.8. The van der Waals surface area contributed by atoms with Crippen molar-refractivity contribution in [2.24, 2.45) is 0 Å². The number of hydrogen-bond acceptors (Lipinski definition) is 7. The van der Waals surface area contributed by atoms with E-state index in [1.807, 2.05) is 11.9 Å². The van der Waals surface area contributed by atoms with Crippen molar-refractivity contribution in [3.63, 3.8) is 0 Å². The van der Waals surface area contributed by atoms with Crippen molar-refractivity contribution in [2.75, 3.05) is 7.05 Å². The Hall–Kier alpha value is -2.87. The van der Waals surface area contributed by atoms with Crippen molar-refractivity contribution in [3.05, 3.63) is 66.1 Å². The molecule has 8 heteroatoms. The summed E-state index contributed by atoms with van der Waals surface area (Å²) >= 11 is 0. The Bertz CT molecular complexity index is 764. The summed E-state index contributed by atoms with van der Waals surface area (Å²) in [5.74, 6) is 1.15. The zero-order valence-corrected chi connectivity index (χ0v) is 13.1. The third kappa shape index (κ3) is 4.56. The van der Waals surface area contributed by atoms with Gasteiger partial charge < -0.3 is 9.26 Å². The molecule has 0 aliphatic heterocycles. The van der Waals surface area contributed by atoms with Gasteiger partial charge in [0.15, 0.2) is 6.61 Å². The smallest absolute Gasteiger partial charge is 0.240 e. The third-order valence-corrected chi connectivity index (χ3v) is 3.15. The molecule has 0 radical (unpaired) electrons. The van der Waals surface area contributed by atoms with E-state index in [-0.39, 0.29) is 12.4 Å². The average molecular weight is 329 g/mol. The summed E-state index contributed by atoms with van der Waals surface area (Å²) in [5.41, 5.74) is 0.861. The molecular weight excluding hydrogens is 313 g/mol. The van der Waals surface area contributed by atoms with E-state index in [0.29, 0.717) is 30.6 Å². The second kappa shape index (κ2) is 7.60. The summed E-state index contributed by atoms with van der Waals surface area (Å²) in [5, 5.41) is 3.87. The molecule has 124 valence electrons. The number of aromatic nitrogens is 4. The van der Waals surface area contributed by atoms with Gasteiger partial charge in [-0.1, -0.05) is 5.16 Å². The molecule has 0 unspecified atom stereocenters. The van der Waals surface area contributed by atoms with E-state index >= 15 is 0 Å². The van der Waals surface area contributed by atoms with Crippen LogP contribution in [0.2, 0.25) is 0 Å². The summed E-state index contributed by atoms with van der Waals surface area (Å²) in [4.78, 5) is 14.5. The van der Waals surface area contributed by atoms with Gasteiger partial charge in [0.05, 0.1) is 12.2 Å². The van der Waals surface area contributed by atoms with Crippen molar-refractivity contribution < 1.29 is 13.7 Å². The molecular formula is C16H16FN5O2. The molecule has 7 nitrogen and oxygen atoms in total. The predicted octanol–water partition coefficient (Wildman–Crippen LogP) is 2.21. The van der Waals surface area contributed by atoms with Gasteiger partial charge >= 0.3 is 0 Å². The first kappa shape index (κ1) is 16.0. The maximum Gasteiger partial charge on any atom is 0.240 e. The van der Waals surface area contributed by atoms with Crippen molar-refractivity contribution in [1.82, 2.24) is 25.0 Å². The summed E-state index contributed by atoms with van der Waals surface area (Å²) in [6.07, 6.45) is 5.00. The number of ether oxygens (including phenoxy) is 1. The topological polar surface area (TPSA) is 77.2 Å². The van der Waals surface area contributed by atoms with Crippen molar-refractivity contribution in [3.8, 4) is 5.75 Å². The molecule has 0 amide bonds. The Kier molecular flexibility index (Phi) is 5.07. The number of nitrogens with zero attached hydrogens (tertiary/aromatic N) is 5. The first-order valence-electron chi connectivity index (χ1n) is 7.32. The Morgan fingerprint density at radius 3 is 2.75 bits per heavy atom. The van der Waals surface area contributed by atoms with Gasteiger partial charge in [-0.25, -0.2) is 4.39 Å². The standard InChI is InChI=1S/C16H16FN5O2/c1-22(9-13-8-18-6-7-19-13)10-16-20-15(21-24-16)11-23-14-4-2-12(17)3-5-14/h2-8H,9-11H2,1H3. The van der Waals surface area contributed by atoms with Gasteiger partial charge in [-0.15, -0.1) is 0 Å². The van der Waals surface area contributed by atoms with E-state index in [2.05, 4.69) is 20.1 Å². The Morgan fingerprint density at radius 2 is 2.00 bits per heavy atom. The summed E-state index contributed by atoms with van der Waals surface area (Å²) < 4.78 is 23.5. The van der Waals surface area contributed by atoms with E-state index < -0.39 is 0 Å². The van der Waals surface area contributed by atoms with E-state index in [9.17, 15) is 4.39 Å². The van der Waals surface area contributed by atoms with E-state index in [1.54, 1.807) is 30.7 Å². The van der Waals surface area contributed by atoms with Gasteiger partial charge in [0.1, 0.15) is 11.6 Å². The van der Waals surface area contributed by atoms with Crippen LogP contribution in [0.4, 0.5) is 4.39 Å². The van der Waals surface area contributed by atoms with Crippen LogP contribution in [0.15, 0.2) is 47.4 Å². The molecule has 0 aliphatic carbocycles. The molecule has 2 aromatic heterocycles. The van der Waals surface area contributed by atoms with Crippen LogP contribution < -0.4 is 4.74 Å². The van der Waals surface area contributed by atoms with Crippen LogP contribution in [0.25, 0.3) is 0 Å². The fourth-order valence-electron chi connectivity index (χ4n) is 2.07. The minimum absolute atomic E-state index is 0.156. The van der Waals surface area contributed by atoms with E-state index in [0.717, 1.165) is 5.69 Å². The molecule has 2 heterocycles. The quantitative estimate of drug-likeness (QED) is 0.657. The van der Waals surface area contributed by atoms with Gasteiger partial charge in [-0.05, 0) is 31.3 Å². The number of benzene rings is 1. The molecule has 24 heavy (non-hydrogen) atoms. The number of hydrogen-bond donors (Lipinski definition) is 0. The molecule has 3 aromatic rings. The largest absolute Gasteiger partial charge is 0.485 e. The van der Waals surface area contributed by atoms with Crippen molar-refractivity contribution in [1.29, 1.82) is 0 Å². The highest BCUT2D eigenvalue weighted by atomic mass is 19.1. The second-order valence-electron chi connectivity index (χ2n) is 5.22. The highest BCUT2D eigenvalue weighted by molar-refractivity contribution is 5.22. The monoisotopic (exact) mass is 329 g/mol. The van der Waals surface area contributed by atoms with Crippen LogP contribution in [0.5, 0.6) is 5.75 Å². The molecule has 1 aromatic carbocycles. The lowest BCUT2D eigenvalue weighted by molar-refractivity contribution is 0.254. The van der Waals surface area contributed by atoms with Crippen molar-refractivity contribution in [2.45, 2.75) is 19.7 Å². The molecule has 0 N–H and O–H groups in total. The molecule has 0 spiro atoms. The van der Waals surface area contributed by atoms with Crippen LogP contribution in [-0.4, -0.2) is 32.1 Å². The lowest BCUT2D eigenvalue weighted by Gasteiger charge is -2.12. The van der Waals surface area contributed by atoms with E-state index in [4.69, 9.17) is 9.26 Å². The van der Waals surface area contributed by atoms with Gasteiger partial charge in [0.2, 0.25) is 11.7 Å². The summed E-state index contributed by atoms with van der Waals surface area (Å²) in [6, 6.07) is 5.76. The predicted molar refractivity (Wildman–Crippen MR) is 82.2 cm³/mol. The second-order valence-corrected chi connectivity index (χ2v) is 5.22. The number of rotatable bonds is 7. The Labute approximate surface area is 138 Å². The Balaban J connectivity index is 1.50. The molecule has 0 saturated carbocycles. The first-order valence-corrected chi connectivity index (χ1v) is 7.32. The molecule has 0 fully saturated rings. The molecule has 3 rings (SSSR count).